The molecule has 0 aliphatic heterocycles. The van der Waals surface area contributed by atoms with Gasteiger partial charge in [-0.1, -0.05) is 24.0 Å². The summed E-state index contributed by atoms with van der Waals surface area (Å²) in [7, 11) is 4.42. The van der Waals surface area contributed by atoms with Crippen LogP contribution >= 0.6 is 17.3 Å². The Kier molecular flexibility index (Phi) is 255. The Morgan fingerprint density at radius 3 is 1.10 bits per heavy atom. The third-order valence-electron chi connectivity index (χ3n) is 0. The molecule has 0 amide bonds. The number of allylic oxidation sites excluding steroid dienone is 2. The fourth-order valence-electron chi connectivity index (χ4n) is 0. The molecule has 1 atom stereocenters. The van der Waals surface area contributed by atoms with Crippen molar-refractivity contribution in [1.82, 2.24) is 0 Å². The van der Waals surface area contributed by atoms with E-state index in [1.54, 1.807) is 12.2 Å². The molecule has 0 spiro atoms. The monoisotopic (exact) mass is 197 g/mol. The number of hydrogen-bond acceptors (Lipinski definition) is 1. The van der Waals surface area contributed by atoms with E-state index in [1.807, 2.05) is 29.8 Å². The van der Waals surface area contributed by atoms with Gasteiger partial charge in [-0.05, 0) is 31.1 Å². The third-order valence-corrected chi connectivity index (χ3v) is 0. The molecule has 0 aromatic carbocycles. The van der Waals surface area contributed by atoms with Gasteiger partial charge in [-0.2, -0.15) is 0 Å². The van der Waals surface area contributed by atoms with Crippen molar-refractivity contribution in [2.24, 2.45) is 0 Å². The van der Waals surface area contributed by atoms with E-state index in [1.165, 1.54) is 0 Å². The Labute approximate surface area is 75.3 Å². The molecule has 0 N–H and O–H groups in total. The van der Waals surface area contributed by atoms with Gasteiger partial charge in [0.2, 0.25) is 0 Å². The molecule has 0 aromatic rings. The normalized spacial score (nSPS) is 3.90. The lowest BCUT2D eigenvalue weighted by Gasteiger charge is -1.31. The highest BCUT2D eigenvalue weighted by atomic mass is 32.4. The molecule has 0 bridgehead atoms. The molecule has 1 unspecified atom stereocenters. The first-order valence-electron chi connectivity index (χ1n) is 2.88. The van der Waals surface area contributed by atoms with E-state index in [9.17, 15) is 0 Å². The third kappa shape index (κ3) is 2520. The van der Waals surface area contributed by atoms with Crippen LogP contribution < -0.4 is 0 Å². The van der Waals surface area contributed by atoms with Gasteiger partial charge >= 0.3 is 0 Å². The Bertz CT molecular complexity index is 40.9. The average molecular weight is 197 g/mol. The van der Waals surface area contributed by atoms with Crippen molar-refractivity contribution in [1.29, 1.82) is 0 Å². The smallest absolute Gasteiger partial charge is 0.0421 e. The van der Waals surface area contributed by atoms with E-state index >= 15 is 0 Å². The SMILES string of the molecule is C=CC.C=CC.C[PH3+].P=S. The lowest BCUT2D eigenvalue weighted by Crippen LogP contribution is -1.07. The average Bonchev–Trinajstić information content (AvgIpc) is 1.99. The molecule has 0 aliphatic carbocycles. The van der Waals surface area contributed by atoms with E-state index in [-0.39, 0.29) is 0 Å². The lowest BCUT2D eigenvalue weighted by atomic mass is 10.8. The van der Waals surface area contributed by atoms with E-state index < -0.39 is 0 Å². The summed E-state index contributed by atoms with van der Waals surface area (Å²) in [6.45, 7) is 12.5. The summed E-state index contributed by atoms with van der Waals surface area (Å²) in [5, 5.41) is 0. The van der Waals surface area contributed by atoms with Crippen LogP contribution in [-0.4, -0.2) is 6.66 Å². The molecular formula is C7H19P2S+. The topological polar surface area (TPSA) is 0 Å². The van der Waals surface area contributed by atoms with Gasteiger partial charge in [-0.3, -0.25) is 0 Å². The highest BCUT2D eigenvalue weighted by Crippen LogP contribution is 1.46. The number of hydrogen-bond donors (Lipinski definition) is 0. The Hall–Kier alpha value is 0.430. The zero-order valence-electron chi connectivity index (χ0n) is 7.18. The summed E-state index contributed by atoms with van der Waals surface area (Å²) in [5.41, 5.74) is 0. The minimum Gasteiger partial charge on any atom is -0.103 e. The summed E-state index contributed by atoms with van der Waals surface area (Å²) in [6, 6.07) is 0. The van der Waals surface area contributed by atoms with E-state index in [0.29, 0.717) is 0 Å². The Morgan fingerprint density at radius 1 is 1.10 bits per heavy atom. The van der Waals surface area contributed by atoms with Crippen molar-refractivity contribution in [2.45, 2.75) is 13.8 Å². The largest absolute Gasteiger partial charge is 0.103 e. The molecule has 0 saturated heterocycles. The van der Waals surface area contributed by atoms with Gasteiger partial charge in [0.1, 0.15) is 0 Å². The molecule has 0 nitrogen and oxygen atoms in total. The number of rotatable bonds is 0. The first-order chi connectivity index (χ1) is 4.83. The van der Waals surface area contributed by atoms with Gasteiger partial charge < -0.3 is 0 Å². The van der Waals surface area contributed by atoms with Crippen molar-refractivity contribution in [3.05, 3.63) is 25.3 Å². The molecule has 0 aliphatic rings. The summed E-state index contributed by atoms with van der Waals surface area (Å²) < 4.78 is 0. The molecule has 0 saturated carbocycles. The van der Waals surface area contributed by atoms with Gasteiger partial charge in [-0.15, -0.1) is 13.2 Å². The minimum absolute atomic E-state index is 1.75. The molecule has 62 valence electrons. The molecule has 0 radical (unpaired) electrons. The van der Waals surface area contributed by atoms with Crippen LogP contribution in [0.15, 0.2) is 25.3 Å². The molecule has 3 heteroatoms. The second-order valence-electron chi connectivity index (χ2n) is 0.816. The molecular weight excluding hydrogens is 178 g/mol. The van der Waals surface area contributed by atoms with Crippen LogP contribution in [0.1, 0.15) is 13.8 Å². The highest BCUT2D eigenvalue weighted by molar-refractivity contribution is 7.88. The zero-order valence-corrected chi connectivity index (χ0v) is 10.4. The maximum Gasteiger partial charge on any atom is 0.0421 e. The Morgan fingerprint density at radius 2 is 1.10 bits per heavy atom. The Balaban J connectivity index is -0.0000000246. The van der Waals surface area contributed by atoms with Gasteiger partial charge in [0, 0.05) is 6.66 Å². The summed E-state index contributed by atoms with van der Waals surface area (Å²) >= 11 is 3.89. The molecule has 0 fully saturated rings. The fourth-order valence-corrected chi connectivity index (χ4v) is 0. The zero-order chi connectivity index (χ0) is 9.41. The molecule has 0 heterocycles. The minimum atomic E-state index is 1.75. The standard InChI is InChI=1S/2C3H6.CH5P.HPS/c2*1-3-2;2*1-2/h2*3H,1H2,2H3;2H2,1H3;1H/p+1. The van der Waals surface area contributed by atoms with Gasteiger partial charge in [0.25, 0.3) is 0 Å². The quantitative estimate of drug-likeness (QED) is 0.424. The van der Waals surface area contributed by atoms with Crippen LogP contribution in [0.2, 0.25) is 0 Å². The van der Waals surface area contributed by atoms with E-state index in [4.69, 9.17) is 0 Å². The van der Waals surface area contributed by atoms with Gasteiger partial charge in [-0.25, -0.2) is 0 Å². The van der Waals surface area contributed by atoms with Crippen LogP contribution in [0.4, 0.5) is 0 Å². The summed E-state index contributed by atoms with van der Waals surface area (Å²) in [5.74, 6) is 0. The molecule has 10 heavy (non-hydrogen) atoms. The van der Waals surface area contributed by atoms with Crippen molar-refractivity contribution < 1.29 is 0 Å². The first-order valence-corrected chi connectivity index (χ1v) is 5.93. The maximum atomic E-state index is 3.89. The van der Waals surface area contributed by atoms with Crippen molar-refractivity contribution >= 4 is 29.1 Å². The van der Waals surface area contributed by atoms with Crippen molar-refractivity contribution in [2.75, 3.05) is 6.66 Å². The second-order valence-corrected chi connectivity index (χ2v) is 0.816. The van der Waals surface area contributed by atoms with Crippen LogP contribution in [0, 0.1) is 0 Å². The van der Waals surface area contributed by atoms with E-state index in [0.717, 1.165) is 0 Å². The maximum absolute atomic E-state index is 3.89. The van der Waals surface area contributed by atoms with Crippen LogP contribution in [-0.2, 0) is 11.8 Å². The van der Waals surface area contributed by atoms with Crippen LogP contribution in [0.3, 0.4) is 0 Å². The summed E-state index contributed by atoms with van der Waals surface area (Å²) in [4.78, 5) is 0. The predicted octanol–water partition coefficient (Wildman–Crippen LogP) is 3.20. The predicted molar refractivity (Wildman–Crippen MR) is 64.5 cm³/mol. The highest BCUT2D eigenvalue weighted by Gasteiger charge is 1.15. The van der Waals surface area contributed by atoms with Crippen LogP contribution in [0.25, 0.3) is 0 Å². The molecule has 0 rings (SSSR count). The van der Waals surface area contributed by atoms with Gasteiger partial charge in [0.05, 0.1) is 0 Å². The second kappa shape index (κ2) is 113. The van der Waals surface area contributed by atoms with E-state index in [2.05, 4.69) is 33.0 Å². The fraction of sp³-hybridized carbons (Fsp3) is 0.429. The van der Waals surface area contributed by atoms with Crippen molar-refractivity contribution in [3.63, 3.8) is 0 Å². The van der Waals surface area contributed by atoms with Crippen LogP contribution in [0.5, 0.6) is 0 Å². The van der Waals surface area contributed by atoms with Gasteiger partial charge in [0.15, 0.2) is 0 Å². The first kappa shape index (κ1) is 22.4. The summed E-state index contributed by atoms with van der Waals surface area (Å²) in [6.07, 6.45) is 3.50. The molecule has 0 aromatic heterocycles. The van der Waals surface area contributed by atoms with Crippen molar-refractivity contribution in [3.8, 4) is 0 Å². The lowest BCUT2D eigenvalue weighted by molar-refractivity contribution is 1.80.